The van der Waals surface area contributed by atoms with Crippen LogP contribution in [0.5, 0.6) is 0 Å². The third kappa shape index (κ3) is 5.60. The summed E-state index contributed by atoms with van der Waals surface area (Å²) in [6, 6.07) is 63.9. The molecule has 8 aromatic carbocycles. The monoisotopic (exact) mass is 674 g/mol. The van der Waals surface area contributed by atoms with E-state index < -0.39 is 10.8 Å². The highest BCUT2D eigenvalue weighted by molar-refractivity contribution is 7.84. The highest BCUT2D eigenvalue weighted by Gasteiger charge is 2.23. The minimum atomic E-state index is -1.23. The lowest BCUT2D eigenvalue weighted by Gasteiger charge is -2.26. The van der Waals surface area contributed by atoms with Gasteiger partial charge >= 0.3 is 0 Å². The van der Waals surface area contributed by atoms with Crippen molar-refractivity contribution in [1.29, 1.82) is 0 Å². The Morgan fingerprint density at radius 2 is 1.02 bits per heavy atom. The van der Waals surface area contributed by atoms with Gasteiger partial charge in [0, 0.05) is 56.1 Å². The van der Waals surface area contributed by atoms with Gasteiger partial charge in [0.05, 0.1) is 10.8 Å². The molecule has 244 valence electrons. The Labute approximate surface area is 300 Å². The first-order chi connectivity index (χ1) is 25.1. The Bertz CT molecular complexity index is 2600. The van der Waals surface area contributed by atoms with Crippen LogP contribution in [0.2, 0.25) is 0 Å². The van der Waals surface area contributed by atoms with E-state index in [-0.39, 0.29) is 0 Å². The van der Waals surface area contributed by atoms with Crippen LogP contribution in [-0.2, 0) is 10.8 Å². The van der Waals surface area contributed by atoms with E-state index in [1.54, 1.807) is 6.26 Å². The minimum Gasteiger partial charge on any atom is -0.354 e. The second kappa shape index (κ2) is 12.9. The van der Waals surface area contributed by atoms with Crippen molar-refractivity contribution in [3.8, 4) is 44.5 Å². The molecule has 0 amide bonds. The van der Waals surface area contributed by atoms with Crippen molar-refractivity contribution in [3.05, 3.63) is 182 Å². The average molecular weight is 675 g/mol. The summed E-state index contributed by atoms with van der Waals surface area (Å²) in [6.45, 7) is 0. The zero-order valence-electron chi connectivity index (χ0n) is 28.1. The van der Waals surface area contributed by atoms with E-state index in [0.29, 0.717) is 0 Å². The Morgan fingerprint density at radius 3 is 1.76 bits per heavy atom. The van der Waals surface area contributed by atoms with Crippen LogP contribution >= 0.6 is 0 Å². The summed E-state index contributed by atoms with van der Waals surface area (Å²) >= 11 is 0. The van der Waals surface area contributed by atoms with Gasteiger partial charge in [0.15, 0.2) is 0 Å². The van der Waals surface area contributed by atoms with Gasteiger partial charge in [-0.1, -0.05) is 127 Å². The van der Waals surface area contributed by atoms with Gasteiger partial charge in [-0.15, -0.1) is 0 Å². The SMILES string of the molecule is CS(=O)c1cc(-c2cccc(N(c3ccccc3)c3cccc(-c4ccccc4)c3)c2)ccc1-c1ccc2cccc3c2c1-c1ccccc1N3. The van der Waals surface area contributed by atoms with Gasteiger partial charge in [-0.2, -0.15) is 0 Å². The summed E-state index contributed by atoms with van der Waals surface area (Å²) in [5.41, 5.74) is 14.2. The smallest absolute Gasteiger partial charge is 0.0504 e. The third-order valence-electron chi connectivity index (χ3n) is 9.76. The van der Waals surface area contributed by atoms with E-state index in [0.717, 1.165) is 66.7 Å². The zero-order valence-corrected chi connectivity index (χ0v) is 28.9. The van der Waals surface area contributed by atoms with E-state index in [1.165, 1.54) is 21.9 Å². The highest BCUT2D eigenvalue weighted by atomic mass is 32.2. The van der Waals surface area contributed by atoms with Crippen molar-refractivity contribution < 1.29 is 4.21 Å². The number of nitrogens with zero attached hydrogens (tertiary/aromatic N) is 1. The molecule has 8 aromatic rings. The predicted molar refractivity (Wildman–Crippen MR) is 216 cm³/mol. The van der Waals surface area contributed by atoms with Crippen LogP contribution in [-0.4, -0.2) is 10.5 Å². The Morgan fingerprint density at radius 1 is 0.451 bits per heavy atom. The molecule has 0 radical (unpaired) electrons. The largest absolute Gasteiger partial charge is 0.354 e. The number of hydrogen-bond acceptors (Lipinski definition) is 3. The first kappa shape index (κ1) is 30.8. The lowest BCUT2D eigenvalue weighted by Crippen LogP contribution is -2.10. The molecule has 0 saturated carbocycles. The molecule has 0 fully saturated rings. The number of hydrogen-bond donors (Lipinski definition) is 1. The molecular formula is C47H34N2OS. The number of nitrogens with one attached hydrogen (secondary N) is 1. The number of anilines is 5. The minimum absolute atomic E-state index is 0.817. The van der Waals surface area contributed by atoms with Crippen LogP contribution in [0.4, 0.5) is 28.4 Å². The zero-order chi connectivity index (χ0) is 34.3. The van der Waals surface area contributed by atoms with Gasteiger partial charge in [0.25, 0.3) is 0 Å². The summed E-state index contributed by atoms with van der Waals surface area (Å²) in [6.07, 6.45) is 1.78. The van der Waals surface area contributed by atoms with Crippen molar-refractivity contribution in [2.24, 2.45) is 0 Å². The highest BCUT2D eigenvalue weighted by Crippen LogP contribution is 2.49. The van der Waals surface area contributed by atoms with Gasteiger partial charge in [0.1, 0.15) is 0 Å². The summed E-state index contributed by atoms with van der Waals surface area (Å²) < 4.78 is 13.6. The summed E-state index contributed by atoms with van der Waals surface area (Å²) in [4.78, 5) is 3.11. The van der Waals surface area contributed by atoms with Crippen molar-refractivity contribution in [2.45, 2.75) is 4.90 Å². The fourth-order valence-electron chi connectivity index (χ4n) is 7.41. The molecule has 0 aromatic heterocycles. The molecule has 0 aliphatic carbocycles. The summed E-state index contributed by atoms with van der Waals surface area (Å²) in [5.74, 6) is 0. The van der Waals surface area contributed by atoms with Gasteiger partial charge in [-0.25, -0.2) is 0 Å². The van der Waals surface area contributed by atoms with Gasteiger partial charge in [-0.05, 0) is 93.4 Å². The van der Waals surface area contributed by atoms with E-state index in [1.807, 2.05) is 12.1 Å². The molecule has 1 aliphatic heterocycles. The average Bonchev–Trinajstić information content (AvgIpc) is 3.19. The molecule has 0 spiro atoms. The van der Waals surface area contributed by atoms with Crippen LogP contribution in [0.3, 0.4) is 0 Å². The fourth-order valence-corrected chi connectivity index (χ4v) is 8.19. The van der Waals surface area contributed by atoms with Gasteiger partial charge in [-0.3, -0.25) is 4.21 Å². The first-order valence-corrected chi connectivity index (χ1v) is 18.7. The van der Waals surface area contributed by atoms with E-state index in [4.69, 9.17) is 0 Å². The molecular weight excluding hydrogens is 641 g/mol. The van der Waals surface area contributed by atoms with E-state index in [2.05, 4.69) is 180 Å². The number of para-hydroxylation sites is 2. The predicted octanol–water partition coefficient (Wildman–Crippen LogP) is 12.8. The maximum absolute atomic E-state index is 13.6. The molecule has 4 heteroatoms. The van der Waals surface area contributed by atoms with Crippen LogP contribution in [0.25, 0.3) is 55.3 Å². The molecule has 3 nitrogen and oxygen atoms in total. The third-order valence-corrected chi connectivity index (χ3v) is 10.7. The van der Waals surface area contributed by atoms with Crippen LogP contribution in [0.15, 0.2) is 187 Å². The summed E-state index contributed by atoms with van der Waals surface area (Å²) in [7, 11) is -1.23. The number of fused-ring (bicyclic) bond motifs is 2. The Kier molecular flexibility index (Phi) is 7.79. The van der Waals surface area contributed by atoms with Gasteiger partial charge < -0.3 is 10.2 Å². The molecule has 1 N–H and O–H groups in total. The molecule has 0 bridgehead atoms. The van der Waals surface area contributed by atoms with Crippen molar-refractivity contribution >= 4 is 50.0 Å². The Hall–Kier alpha value is -6.23. The topological polar surface area (TPSA) is 32.3 Å². The summed E-state index contributed by atoms with van der Waals surface area (Å²) in [5, 5.41) is 6.01. The van der Waals surface area contributed by atoms with Gasteiger partial charge in [0.2, 0.25) is 0 Å². The maximum atomic E-state index is 13.6. The van der Waals surface area contributed by atoms with Crippen LogP contribution in [0, 0.1) is 0 Å². The van der Waals surface area contributed by atoms with Crippen molar-refractivity contribution in [3.63, 3.8) is 0 Å². The fraction of sp³-hybridized carbons (Fsp3) is 0.0213. The second-order valence-corrected chi connectivity index (χ2v) is 14.2. The normalized spacial score (nSPS) is 12.2. The Balaban J connectivity index is 1.17. The molecule has 1 unspecified atom stereocenters. The van der Waals surface area contributed by atoms with Crippen molar-refractivity contribution in [1.82, 2.24) is 0 Å². The number of rotatable bonds is 7. The quantitative estimate of drug-likeness (QED) is 0.183. The number of benzene rings is 8. The van der Waals surface area contributed by atoms with Crippen molar-refractivity contribution in [2.75, 3.05) is 16.5 Å². The lowest BCUT2D eigenvalue weighted by atomic mass is 9.86. The first-order valence-electron chi connectivity index (χ1n) is 17.1. The maximum Gasteiger partial charge on any atom is 0.0504 e. The second-order valence-electron chi connectivity index (χ2n) is 12.9. The molecule has 51 heavy (non-hydrogen) atoms. The molecule has 1 heterocycles. The van der Waals surface area contributed by atoms with Crippen LogP contribution in [0.1, 0.15) is 0 Å². The molecule has 1 atom stereocenters. The van der Waals surface area contributed by atoms with Crippen LogP contribution < -0.4 is 10.2 Å². The van der Waals surface area contributed by atoms with E-state index in [9.17, 15) is 4.21 Å². The van der Waals surface area contributed by atoms with E-state index >= 15 is 0 Å². The lowest BCUT2D eigenvalue weighted by molar-refractivity contribution is 0.687. The standard InChI is InChI=1S/C47H34N2OS/c1-51(50)45-31-36(26-27-40(45)41-28-25-33-15-12-24-44-46(33)47(41)42-22-8-9-23-43(42)48-44)35-17-11-21-39(30-35)49(37-18-6-3-7-19-37)38-20-10-16-34(29-38)32-13-4-2-5-14-32/h2-31,48H,1H3. The molecule has 1 aliphatic rings. The molecule has 0 saturated heterocycles. The molecule has 9 rings (SSSR count).